The van der Waals surface area contributed by atoms with Crippen molar-refractivity contribution in [2.45, 2.75) is 46.2 Å². The molecular formula is C12H19N3. The summed E-state index contributed by atoms with van der Waals surface area (Å²) in [5, 5.41) is 4.38. The first-order valence-electron chi connectivity index (χ1n) is 5.17. The molecule has 1 heterocycles. The third-order valence-electron chi connectivity index (χ3n) is 1.97. The fraction of sp³-hybridized carbons (Fsp3) is 0.583. The van der Waals surface area contributed by atoms with E-state index in [2.05, 4.69) is 30.8 Å². The summed E-state index contributed by atoms with van der Waals surface area (Å²) in [7, 11) is 0. The maximum absolute atomic E-state index is 5.80. The molecule has 0 unspecified atom stereocenters. The zero-order valence-corrected chi connectivity index (χ0v) is 10.1. The number of aromatic nitrogens is 2. The molecule has 2 N–H and O–H groups in total. The van der Waals surface area contributed by atoms with Gasteiger partial charge in [-0.25, -0.2) is 0 Å². The van der Waals surface area contributed by atoms with Crippen molar-refractivity contribution in [2.24, 2.45) is 5.73 Å². The molecule has 0 saturated heterocycles. The molecule has 0 aromatic carbocycles. The number of aryl methyl sites for hydroxylation is 1. The second-order valence-electron chi connectivity index (χ2n) is 4.67. The number of nitrogens with two attached hydrogens (primary N) is 1. The van der Waals surface area contributed by atoms with Gasteiger partial charge in [0, 0.05) is 12.2 Å². The first-order valence-corrected chi connectivity index (χ1v) is 5.17. The molecule has 15 heavy (non-hydrogen) atoms. The number of nitrogens with zero attached hydrogens (tertiary/aromatic N) is 2. The zero-order valence-electron chi connectivity index (χ0n) is 10.1. The highest BCUT2D eigenvalue weighted by atomic mass is 15.3. The van der Waals surface area contributed by atoms with Crippen LogP contribution in [0.5, 0.6) is 0 Å². The summed E-state index contributed by atoms with van der Waals surface area (Å²) < 4.78 is 1.92. The second-order valence-corrected chi connectivity index (χ2v) is 4.67. The van der Waals surface area contributed by atoms with Crippen molar-refractivity contribution in [3.8, 4) is 11.8 Å². The van der Waals surface area contributed by atoms with Crippen LogP contribution in [0.25, 0.3) is 0 Å². The minimum Gasteiger partial charge on any atom is -0.316 e. The quantitative estimate of drug-likeness (QED) is 0.711. The van der Waals surface area contributed by atoms with Gasteiger partial charge in [0.05, 0.1) is 16.8 Å². The van der Waals surface area contributed by atoms with Crippen molar-refractivity contribution >= 4 is 0 Å². The molecule has 0 aliphatic rings. The maximum Gasteiger partial charge on any atom is 0.0750 e. The Bertz CT molecular complexity index is 397. The van der Waals surface area contributed by atoms with Gasteiger partial charge in [0.25, 0.3) is 0 Å². The van der Waals surface area contributed by atoms with E-state index in [0.29, 0.717) is 6.04 Å². The largest absolute Gasteiger partial charge is 0.316 e. The van der Waals surface area contributed by atoms with E-state index in [1.165, 1.54) is 0 Å². The normalized spacial score (nSPS) is 11.4. The predicted octanol–water partition coefficient (Wildman–Crippen LogP) is 1.86. The van der Waals surface area contributed by atoms with Crippen molar-refractivity contribution in [3.05, 3.63) is 17.5 Å². The SMILES string of the molecule is Cc1nn(C(C)C)cc1C#CC(C)(C)N. The molecule has 3 heteroatoms. The molecule has 82 valence electrons. The van der Waals surface area contributed by atoms with Gasteiger partial charge in [-0.3, -0.25) is 4.68 Å². The summed E-state index contributed by atoms with van der Waals surface area (Å²) in [5.74, 6) is 6.08. The molecule has 0 radical (unpaired) electrons. The summed E-state index contributed by atoms with van der Waals surface area (Å²) in [6.45, 7) is 9.93. The van der Waals surface area contributed by atoms with E-state index in [1.807, 2.05) is 31.6 Å². The monoisotopic (exact) mass is 205 g/mol. The van der Waals surface area contributed by atoms with Gasteiger partial charge in [-0.1, -0.05) is 11.8 Å². The molecular weight excluding hydrogens is 186 g/mol. The van der Waals surface area contributed by atoms with Gasteiger partial charge in [0.2, 0.25) is 0 Å². The Morgan fingerprint density at radius 3 is 2.47 bits per heavy atom. The molecule has 1 rings (SSSR count). The van der Waals surface area contributed by atoms with Crippen molar-refractivity contribution in [2.75, 3.05) is 0 Å². The highest BCUT2D eigenvalue weighted by Crippen LogP contribution is 2.09. The minimum atomic E-state index is -0.452. The fourth-order valence-corrected chi connectivity index (χ4v) is 1.10. The van der Waals surface area contributed by atoms with Gasteiger partial charge >= 0.3 is 0 Å². The fourth-order valence-electron chi connectivity index (χ4n) is 1.10. The summed E-state index contributed by atoms with van der Waals surface area (Å²) in [6, 6.07) is 0.366. The minimum absolute atomic E-state index is 0.366. The molecule has 1 aromatic rings. The average Bonchev–Trinajstić information content (AvgIpc) is 2.42. The predicted molar refractivity (Wildman–Crippen MR) is 62.5 cm³/mol. The van der Waals surface area contributed by atoms with Crippen LogP contribution in [0.1, 0.15) is 45.0 Å². The Morgan fingerprint density at radius 1 is 1.47 bits per heavy atom. The standard InChI is InChI=1S/C12H19N3/c1-9(2)15-8-11(10(3)14-15)6-7-12(4,5)13/h8-9H,13H2,1-5H3. The molecule has 0 aliphatic carbocycles. The van der Waals surface area contributed by atoms with Crippen LogP contribution in [0.15, 0.2) is 6.20 Å². The number of hydrogen-bond acceptors (Lipinski definition) is 2. The van der Waals surface area contributed by atoms with Crippen LogP contribution in [-0.2, 0) is 0 Å². The van der Waals surface area contributed by atoms with Crippen LogP contribution in [0.3, 0.4) is 0 Å². The highest BCUT2D eigenvalue weighted by Gasteiger charge is 2.07. The van der Waals surface area contributed by atoms with Crippen molar-refractivity contribution in [1.82, 2.24) is 9.78 Å². The van der Waals surface area contributed by atoms with Crippen LogP contribution >= 0.6 is 0 Å². The van der Waals surface area contributed by atoms with Crippen LogP contribution in [0.2, 0.25) is 0 Å². The highest BCUT2D eigenvalue weighted by molar-refractivity contribution is 5.37. The van der Waals surface area contributed by atoms with Crippen LogP contribution in [0, 0.1) is 18.8 Å². The molecule has 1 aromatic heterocycles. The lowest BCUT2D eigenvalue weighted by Crippen LogP contribution is -2.29. The van der Waals surface area contributed by atoms with Crippen LogP contribution in [-0.4, -0.2) is 15.3 Å². The van der Waals surface area contributed by atoms with Gasteiger partial charge in [-0.15, -0.1) is 0 Å². The lowest BCUT2D eigenvalue weighted by molar-refractivity contribution is 0.529. The molecule has 0 amide bonds. The lowest BCUT2D eigenvalue weighted by atomic mass is 10.1. The zero-order chi connectivity index (χ0) is 11.6. The Balaban J connectivity index is 3.00. The summed E-state index contributed by atoms with van der Waals surface area (Å²) >= 11 is 0. The van der Waals surface area contributed by atoms with Crippen molar-refractivity contribution in [3.63, 3.8) is 0 Å². The summed E-state index contributed by atoms with van der Waals surface area (Å²) in [4.78, 5) is 0. The third kappa shape index (κ3) is 3.41. The van der Waals surface area contributed by atoms with E-state index in [1.54, 1.807) is 0 Å². The Morgan fingerprint density at radius 2 is 2.07 bits per heavy atom. The molecule has 3 nitrogen and oxygen atoms in total. The van der Waals surface area contributed by atoms with E-state index in [-0.39, 0.29) is 0 Å². The van der Waals surface area contributed by atoms with Gasteiger partial charge in [-0.05, 0) is 34.6 Å². The van der Waals surface area contributed by atoms with E-state index in [4.69, 9.17) is 5.73 Å². The lowest BCUT2D eigenvalue weighted by Gasteiger charge is -2.07. The van der Waals surface area contributed by atoms with Crippen molar-refractivity contribution < 1.29 is 0 Å². The molecule has 0 spiro atoms. The smallest absolute Gasteiger partial charge is 0.0750 e. The van der Waals surface area contributed by atoms with Gasteiger partial charge < -0.3 is 5.73 Å². The summed E-state index contributed by atoms with van der Waals surface area (Å²) in [6.07, 6.45) is 1.97. The van der Waals surface area contributed by atoms with Crippen LogP contribution < -0.4 is 5.73 Å². The van der Waals surface area contributed by atoms with Gasteiger partial charge in [0.15, 0.2) is 0 Å². The first-order chi connectivity index (χ1) is 6.79. The topological polar surface area (TPSA) is 43.8 Å². The Hall–Kier alpha value is -1.27. The van der Waals surface area contributed by atoms with E-state index < -0.39 is 5.54 Å². The van der Waals surface area contributed by atoms with Crippen molar-refractivity contribution in [1.29, 1.82) is 0 Å². The maximum atomic E-state index is 5.80. The molecule has 0 fully saturated rings. The van der Waals surface area contributed by atoms with Gasteiger partial charge in [-0.2, -0.15) is 5.10 Å². The number of hydrogen-bond donors (Lipinski definition) is 1. The Kier molecular flexibility index (Phi) is 3.21. The molecule has 0 bridgehead atoms. The molecule has 0 aliphatic heterocycles. The van der Waals surface area contributed by atoms with E-state index in [0.717, 1.165) is 11.3 Å². The third-order valence-corrected chi connectivity index (χ3v) is 1.97. The summed E-state index contributed by atoms with van der Waals surface area (Å²) in [5.41, 5.74) is 7.27. The number of rotatable bonds is 1. The Labute approximate surface area is 91.7 Å². The molecule has 0 saturated carbocycles. The van der Waals surface area contributed by atoms with Crippen LogP contribution in [0.4, 0.5) is 0 Å². The van der Waals surface area contributed by atoms with E-state index in [9.17, 15) is 0 Å². The second kappa shape index (κ2) is 4.08. The van der Waals surface area contributed by atoms with Gasteiger partial charge in [0.1, 0.15) is 0 Å². The molecule has 0 atom stereocenters. The van der Waals surface area contributed by atoms with E-state index >= 15 is 0 Å². The first kappa shape index (κ1) is 11.8. The average molecular weight is 205 g/mol.